The van der Waals surface area contributed by atoms with Gasteiger partial charge in [0.05, 0.1) is 5.75 Å². The molecular formula is C18H18Cl2N2O2S. The molecule has 2 amide bonds. The Hall–Kier alpha value is -1.69. The first-order valence-corrected chi connectivity index (χ1v) is 9.47. The van der Waals surface area contributed by atoms with E-state index < -0.39 is 0 Å². The second-order valence-corrected chi connectivity index (χ2v) is 7.24. The summed E-state index contributed by atoms with van der Waals surface area (Å²) in [5, 5.41) is 1.35. The summed E-state index contributed by atoms with van der Waals surface area (Å²) >= 11 is 13.0. The van der Waals surface area contributed by atoms with Gasteiger partial charge in [-0.3, -0.25) is 20.4 Å². The molecular weight excluding hydrogens is 379 g/mol. The summed E-state index contributed by atoms with van der Waals surface area (Å²) in [6.07, 6.45) is 1.82. The topological polar surface area (TPSA) is 58.2 Å². The molecule has 0 spiro atoms. The van der Waals surface area contributed by atoms with Crippen molar-refractivity contribution in [2.45, 2.75) is 24.2 Å². The van der Waals surface area contributed by atoms with Crippen LogP contribution in [-0.2, 0) is 16.0 Å². The van der Waals surface area contributed by atoms with Crippen molar-refractivity contribution in [1.29, 1.82) is 0 Å². The number of carbonyl (C=O) groups is 2. The average Bonchev–Trinajstić information content (AvgIpc) is 2.61. The number of hydrazine groups is 1. The summed E-state index contributed by atoms with van der Waals surface area (Å²) in [7, 11) is 0. The molecule has 7 heteroatoms. The Morgan fingerprint density at radius 2 is 1.40 bits per heavy atom. The lowest BCUT2D eigenvalue weighted by Gasteiger charge is -2.07. The van der Waals surface area contributed by atoms with Crippen LogP contribution in [0.25, 0.3) is 0 Å². The summed E-state index contributed by atoms with van der Waals surface area (Å²) < 4.78 is 0. The highest BCUT2D eigenvalue weighted by molar-refractivity contribution is 8.00. The van der Waals surface area contributed by atoms with E-state index in [0.717, 1.165) is 16.9 Å². The molecule has 2 aromatic rings. The second-order valence-electron chi connectivity index (χ2n) is 5.32. The summed E-state index contributed by atoms with van der Waals surface area (Å²) in [6, 6.07) is 14.8. The van der Waals surface area contributed by atoms with E-state index in [1.807, 2.05) is 36.4 Å². The van der Waals surface area contributed by atoms with Gasteiger partial charge in [0, 0.05) is 21.4 Å². The van der Waals surface area contributed by atoms with E-state index >= 15 is 0 Å². The summed E-state index contributed by atoms with van der Waals surface area (Å²) in [6.45, 7) is 0. The van der Waals surface area contributed by atoms with E-state index in [1.165, 1.54) is 11.8 Å². The van der Waals surface area contributed by atoms with Crippen LogP contribution in [0, 0.1) is 0 Å². The number of rotatable bonds is 7. The minimum atomic E-state index is -0.258. The number of halogens is 2. The number of carbonyl (C=O) groups excluding carboxylic acids is 2. The smallest absolute Gasteiger partial charge is 0.248 e. The van der Waals surface area contributed by atoms with Crippen LogP contribution in [-0.4, -0.2) is 17.6 Å². The van der Waals surface area contributed by atoms with E-state index in [-0.39, 0.29) is 17.6 Å². The zero-order valence-electron chi connectivity index (χ0n) is 13.4. The Morgan fingerprint density at radius 3 is 2.04 bits per heavy atom. The molecule has 0 radical (unpaired) electrons. The fourth-order valence-corrected chi connectivity index (χ4v) is 2.97. The van der Waals surface area contributed by atoms with Crippen molar-refractivity contribution in [3.05, 3.63) is 64.1 Å². The normalized spacial score (nSPS) is 10.3. The highest BCUT2D eigenvalue weighted by Gasteiger charge is 2.06. The van der Waals surface area contributed by atoms with Gasteiger partial charge >= 0.3 is 0 Å². The number of aryl methyl sites for hydroxylation is 1. The van der Waals surface area contributed by atoms with Gasteiger partial charge in [-0.25, -0.2) is 0 Å². The second kappa shape index (κ2) is 10.3. The molecule has 2 rings (SSSR count). The van der Waals surface area contributed by atoms with Gasteiger partial charge in [0.15, 0.2) is 0 Å². The van der Waals surface area contributed by atoms with Crippen molar-refractivity contribution < 1.29 is 9.59 Å². The van der Waals surface area contributed by atoms with Crippen LogP contribution in [0.2, 0.25) is 10.0 Å². The predicted molar refractivity (Wildman–Crippen MR) is 103 cm³/mol. The molecule has 2 aromatic carbocycles. The molecule has 2 N–H and O–H groups in total. The van der Waals surface area contributed by atoms with Crippen LogP contribution in [0.15, 0.2) is 53.4 Å². The Labute approximate surface area is 161 Å². The highest BCUT2D eigenvalue weighted by atomic mass is 35.5. The Balaban J connectivity index is 1.59. The van der Waals surface area contributed by atoms with Crippen molar-refractivity contribution >= 4 is 46.8 Å². The number of nitrogens with one attached hydrogen (secondary N) is 2. The molecule has 0 saturated heterocycles. The van der Waals surface area contributed by atoms with Gasteiger partial charge in [0.1, 0.15) is 0 Å². The fourth-order valence-electron chi connectivity index (χ4n) is 2.02. The molecule has 25 heavy (non-hydrogen) atoms. The molecule has 0 aromatic heterocycles. The van der Waals surface area contributed by atoms with E-state index in [0.29, 0.717) is 22.9 Å². The van der Waals surface area contributed by atoms with Gasteiger partial charge < -0.3 is 0 Å². The maximum absolute atomic E-state index is 11.7. The SMILES string of the molecule is O=C(CCCc1ccc(Cl)cc1)NNC(=O)CSc1ccc(Cl)cc1. The minimum absolute atomic E-state index is 0.209. The molecule has 0 unspecified atom stereocenters. The van der Waals surface area contributed by atoms with Gasteiger partial charge in [0.25, 0.3) is 0 Å². The molecule has 4 nitrogen and oxygen atoms in total. The lowest BCUT2D eigenvalue weighted by Crippen LogP contribution is -2.42. The van der Waals surface area contributed by atoms with Crippen molar-refractivity contribution in [3.63, 3.8) is 0 Å². The van der Waals surface area contributed by atoms with Crippen molar-refractivity contribution in [2.24, 2.45) is 0 Å². The lowest BCUT2D eigenvalue weighted by molar-refractivity contribution is -0.127. The largest absolute Gasteiger partial charge is 0.273 e. The summed E-state index contributed by atoms with van der Waals surface area (Å²) in [4.78, 5) is 24.4. The van der Waals surface area contributed by atoms with Gasteiger partial charge in [-0.05, 0) is 54.8 Å². The third-order valence-corrected chi connectivity index (χ3v) is 4.82. The van der Waals surface area contributed by atoms with Crippen LogP contribution in [0.3, 0.4) is 0 Å². The van der Waals surface area contributed by atoms with Gasteiger partial charge in [0.2, 0.25) is 11.8 Å². The number of thioether (sulfide) groups is 1. The fraction of sp³-hybridized carbons (Fsp3) is 0.222. The first-order chi connectivity index (χ1) is 12.0. The maximum atomic E-state index is 11.7. The Bertz CT molecular complexity index is 706. The van der Waals surface area contributed by atoms with Gasteiger partial charge in [-0.1, -0.05) is 35.3 Å². The van der Waals surface area contributed by atoms with Gasteiger partial charge in [-0.15, -0.1) is 11.8 Å². The number of benzene rings is 2. The third-order valence-electron chi connectivity index (χ3n) is 3.31. The number of amides is 2. The Kier molecular flexibility index (Phi) is 8.12. The third kappa shape index (κ3) is 7.82. The van der Waals surface area contributed by atoms with Crippen LogP contribution in [0.5, 0.6) is 0 Å². The lowest BCUT2D eigenvalue weighted by atomic mass is 10.1. The molecule has 0 aliphatic heterocycles. The summed E-state index contributed by atoms with van der Waals surface area (Å²) in [5.74, 6) is -0.253. The molecule has 0 heterocycles. The van der Waals surface area contributed by atoms with Crippen LogP contribution in [0.1, 0.15) is 18.4 Å². The average molecular weight is 397 g/mol. The first kappa shape index (κ1) is 19.6. The molecule has 0 saturated carbocycles. The van der Waals surface area contributed by atoms with E-state index in [9.17, 15) is 9.59 Å². The van der Waals surface area contributed by atoms with Crippen molar-refractivity contribution in [3.8, 4) is 0 Å². The number of hydrogen-bond acceptors (Lipinski definition) is 3. The molecule has 132 valence electrons. The molecule has 0 bridgehead atoms. The van der Waals surface area contributed by atoms with E-state index in [1.54, 1.807) is 12.1 Å². The minimum Gasteiger partial charge on any atom is -0.273 e. The number of hydrogen-bond donors (Lipinski definition) is 2. The van der Waals surface area contributed by atoms with Crippen molar-refractivity contribution in [1.82, 2.24) is 10.9 Å². The standard InChI is InChI=1S/C18H18Cl2N2O2S/c19-14-6-4-13(5-7-14)2-1-3-17(23)21-22-18(24)12-25-16-10-8-15(20)9-11-16/h4-11H,1-3,12H2,(H,21,23)(H,22,24). The van der Waals surface area contributed by atoms with Gasteiger partial charge in [-0.2, -0.15) is 0 Å². The molecule has 0 atom stereocenters. The zero-order chi connectivity index (χ0) is 18.1. The zero-order valence-corrected chi connectivity index (χ0v) is 15.8. The summed E-state index contributed by atoms with van der Waals surface area (Å²) in [5.41, 5.74) is 5.97. The molecule has 0 aliphatic rings. The molecule has 0 aliphatic carbocycles. The predicted octanol–water partition coefficient (Wildman–Crippen LogP) is 4.26. The van der Waals surface area contributed by atoms with E-state index in [2.05, 4.69) is 10.9 Å². The van der Waals surface area contributed by atoms with Crippen LogP contribution in [0.4, 0.5) is 0 Å². The quantitative estimate of drug-likeness (QED) is 0.542. The molecule has 0 fully saturated rings. The maximum Gasteiger partial charge on any atom is 0.248 e. The van der Waals surface area contributed by atoms with Crippen molar-refractivity contribution in [2.75, 3.05) is 5.75 Å². The monoisotopic (exact) mass is 396 g/mol. The van der Waals surface area contributed by atoms with Crippen LogP contribution < -0.4 is 10.9 Å². The Morgan fingerprint density at radius 1 is 0.840 bits per heavy atom. The van der Waals surface area contributed by atoms with Crippen LogP contribution >= 0.6 is 35.0 Å². The highest BCUT2D eigenvalue weighted by Crippen LogP contribution is 2.19. The first-order valence-electron chi connectivity index (χ1n) is 7.73. The van der Waals surface area contributed by atoms with E-state index in [4.69, 9.17) is 23.2 Å².